The van der Waals surface area contributed by atoms with Crippen LogP contribution < -0.4 is 4.90 Å². The van der Waals surface area contributed by atoms with Crippen molar-refractivity contribution < 1.29 is 4.79 Å². The summed E-state index contributed by atoms with van der Waals surface area (Å²) in [5.74, 6) is 1.18. The van der Waals surface area contributed by atoms with Crippen molar-refractivity contribution in [3.8, 4) is 0 Å². The van der Waals surface area contributed by atoms with E-state index in [1.54, 1.807) is 11.8 Å². The molecule has 21 heavy (non-hydrogen) atoms. The normalized spacial score (nSPS) is 20.8. The van der Waals surface area contributed by atoms with E-state index in [2.05, 4.69) is 23.1 Å². The average molecular weight is 304 g/mol. The number of carbonyl (C=O) groups is 1. The van der Waals surface area contributed by atoms with E-state index >= 15 is 0 Å². The van der Waals surface area contributed by atoms with Crippen LogP contribution in [0.5, 0.6) is 0 Å². The molecule has 0 unspecified atom stereocenters. The summed E-state index contributed by atoms with van der Waals surface area (Å²) in [7, 11) is 0. The predicted octanol–water partition coefficient (Wildman–Crippen LogP) is 3.39. The fourth-order valence-corrected chi connectivity index (χ4v) is 4.16. The number of benzene rings is 1. The molecule has 3 nitrogen and oxygen atoms in total. The van der Waals surface area contributed by atoms with Gasteiger partial charge in [-0.1, -0.05) is 25.0 Å². The molecule has 0 bridgehead atoms. The quantitative estimate of drug-likeness (QED) is 0.855. The van der Waals surface area contributed by atoms with Crippen molar-refractivity contribution in [2.75, 3.05) is 36.8 Å². The number of para-hydroxylation sites is 1. The van der Waals surface area contributed by atoms with Crippen molar-refractivity contribution in [3.63, 3.8) is 0 Å². The van der Waals surface area contributed by atoms with Gasteiger partial charge >= 0.3 is 0 Å². The summed E-state index contributed by atoms with van der Waals surface area (Å²) < 4.78 is 0. The summed E-state index contributed by atoms with van der Waals surface area (Å²) in [6.07, 6.45) is 5.98. The van der Waals surface area contributed by atoms with Crippen LogP contribution in [0, 0.1) is 0 Å². The van der Waals surface area contributed by atoms with Crippen LogP contribution in [0.1, 0.15) is 32.1 Å². The summed E-state index contributed by atoms with van der Waals surface area (Å²) in [6.45, 7) is 4.22. The van der Waals surface area contributed by atoms with Gasteiger partial charge in [0, 0.05) is 30.2 Å². The van der Waals surface area contributed by atoms with Gasteiger partial charge in [0.25, 0.3) is 0 Å². The molecule has 2 heterocycles. The molecule has 1 fully saturated rings. The fraction of sp³-hybridized carbons (Fsp3) is 0.588. The van der Waals surface area contributed by atoms with Crippen LogP contribution in [0.25, 0.3) is 0 Å². The van der Waals surface area contributed by atoms with Crippen LogP contribution >= 0.6 is 11.8 Å². The highest BCUT2D eigenvalue weighted by Gasteiger charge is 2.22. The molecule has 0 spiro atoms. The highest BCUT2D eigenvalue weighted by Crippen LogP contribution is 2.33. The number of likely N-dealkylation sites (tertiary alicyclic amines) is 1. The lowest BCUT2D eigenvalue weighted by Crippen LogP contribution is -2.39. The molecular formula is C17H24N2OS. The Morgan fingerprint density at radius 3 is 2.57 bits per heavy atom. The van der Waals surface area contributed by atoms with Gasteiger partial charge in [-0.05, 0) is 38.1 Å². The van der Waals surface area contributed by atoms with Crippen molar-refractivity contribution >= 4 is 23.4 Å². The Morgan fingerprint density at radius 2 is 1.76 bits per heavy atom. The second kappa shape index (κ2) is 7.32. The van der Waals surface area contributed by atoms with Crippen molar-refractivity contribution in [1.82, 2.24) is 4.90 Å². The van der Waals surface area contributed by atoms with Crippen LogP contribution in [0.2, 0.25) is 0 Å². The van der Waals surface area contributed by atoms with E-state index in [0.717, 1.165) is 24.5 Å². The maximum Gasteiger partial charge on any atom is 0.227 e. The summed E-state index contributed by atoms with van der Waals surface area (Å²) in [5.41, 5.74) is 1.11. The smallest absolute Gasteiger partial charge is 0.227 e. The number of fused-ring (bicyclic) bond motifs is 1. The zero-order valence-electron chi connectivity index (χ0n) is 12.6. The molecule has 0 N–H and O–H groups in total. The van der Waals surface area contributed by atoms with Gasteiger partial charge < -0.3 is 9.80 Å². The number of thioether (sulfide) groups is 1. The van der Waals surface area contributed by atoms with Gasteiger partial charge in [-0.3, -0.25) is 4.79 Å². The van der Waals surface area contributed by atoms with Crippen LogP contribution in [-0.2, 0) is 4.79 Å². The molecule has 0 aliphatic carbocycles. The Hall–Kier alpha value is -1.00. The van der Waals surface area contributed by atoms with Gasteiger partial charge in [0.05, 0.1) is 5.69 Å². The topological polar surface area (TPSA) is 23.6 Å². The molecule has 2 aliphatic rings. The van der Waals surface area contributed by atoms with Gasteiger partial charge in [-0.2, -0.15) is 0 Å². The number of nitrogens with zero attached hydrogens (tertiary/aromatic N) is 2. The Balaban J connectivity index is 1.69. The minimum absolute atomic E-state index is 0.280. The molecule has 0 radical (unpaired) electrons. The number of anilines is 1. The molecule has 0 atom stereocenters. The first kappa shape index (κ1) is 14.9. The molecule has 114 valence electrons. The van der Waals surface area contributed by atoms with E-state index < -0.39 is 0 Å². The van der Waals surface area contributed by atoms with E-state index in [1.165, 1.54) is 43.7 Å². The highest BCUT2D eigenvalue weighted by molar-refractivity contribution is 7.99. The largest absolute Gasteiger partial charge is 0.310 e. The van der Waals surface area contributed by atoms with E-state index in [4.69, 9.17) is 0 Å². The van der Waals surface area contributed by atoms with Crippen molar-refractivity contribution in [3.05, 3.63) is 24.3 Å². The van der Waals surface area contributed by atoms with Crippen molar-refractivity contribution in [2.24, 2.45) is 0 Å². The Bertz CT molecular complexity index is 483. The first-order chi connectivity index (χ1) is 10.3. The number of amides is 1. The third-order valence-electron chi connectivity index (χ3n) is 4.37. The molecule has 0 aromatic heterocycles. The lowest BCUT2D eigenvalue weighted by Gasteiger charge is -2.27. The van der Waals surface area contributed by atoms with E-state index in [1.807, 2.05) is 11.0 Å². The zero-order valence-corrected chi connectivity index (χ0v) is 13.4. The molecule has 4 heteroatoms. The Kier molecular flexibility index (Phi) is 5.20. The minimum atomic E-state index is 0.280. The maximum atomic E-state index is 12.4. The predicted molar refractivity (Wildman–Crippen MR) is 89.0 cm³/mol. The zero-order chi connectivity index (χ0) is 14.5. The summed E-state index contributed by atoms with van der Waals surface area (Å²) in [4.78, 5) is 18.2. The second-order valence-electron chi connectivity index (χ2n) is 5.87. The van der Waals surface area contributed by atoms with Gasteiger partial charge in [0.1, 0.15) is 0 Å². The van der Waals surface area contributed by atoms with E-state index in [0.29, 0.717) is 6.42 Å². The third-order valence-corrected chi connectivity index (χ3v) is 5.43. The lowest BCUT2D eigenvalue weighted by molar-refractivity contribution is -0.118. The molecule has 1 aromatic carbocycles. The molecule has 1 amide bonds. The van der Waals surface area contributed by atoms with Crippen LogP contribution in [0.3, 0.4) is 0 Å². The second-order valence-corrected chi connectivity index (χ2v) is 7.00. The maximum absolute atomic E-state index is 12.4. The number of hydrogen-bond donors (Lipinski definition) is 0. The lowest BCUT2D eigenvalue weighted by atomic mass is 10.2. The van der Waals surface area contributed by atoms with E-state index in [-0.39, 0.29) is 5.91 Å². The summed E-state index contributed by atoms with van der Waals surface area (Å²) >= 11 is 1.81. The van der Waals surface area contributed by atoms with Crippen LogP contribution in [0.4, 0.5) is 5.69 Å². The molecule has 1 aromatic rings. The minimum Gasteiger partial charge on any atom is -0.310 e. The van der Waals surface area contributed by atoms with Gasteiger partial charge in [-0.25, -0.2) is 0 Å². The highest BCUT2D eigenvalue weighted by atomic mass is 32.2. The van der Waals surface area contributed by atoms with E-state index in [9.17, 15) is 4.79 Å². The Labute approximate surface area is 131 Å². The standard InChI is InChI=1S/C17H24N2OS/c20-17-9-14-21-16-8-4-3-7-15(16)19(17)13-12-18-10-5-1-2-6-11-18/h3-4,7-8H,1-2,5-6,9-14H2. The van der Waals surface area contributed by atoms with Crippen molar-refractivity contribution in [2.45, 2.75) is 37.0 Å². The average Bonchev–Trinajstić information content (AvgIpc) is 2.84. The van der Waals surface area contributed by atoms with Crippen molar-refractivity contribution in [1.29, 1.82) is 0 Å². The van der Waals surface area contributed by atoms with Gasteiger partial charge in [0.15, 0.2) is 0 Å². The van der Waals surface area contributed by atoms with Gasteiger partial charge in [0.2, 0.25) is 5.91 Å². The van der Waals surface area contributed by atoms with Gasteiger partial charge in [-0.15, -0.1) is 11.8 Å². The monoisotopic (exact) mass is 304 g/mol. The first-order valence-electron chi connectivity index (χ1n) is 8.09. The molecular weight excluding hydrogens is 280 g/mol. The number of hydrogen-bond acceptors (Lipinski definition) is 3. The molecule has 1 saturated heterocycles. The fourth-order valence-electron chi connectivity index (χ4n) is 3.17. The molecule has 0 saturated carbocycles. The SMILES string of the molecule is O=C1CCSc2ccccc2N1CCN1CCCCCC1. The summed E-state index contributed by atoms with van der Waals surface area (Å²) in [6, 6.07) is 8.33. The third kappa shape index (κ3) is 3.80. The summed E-state index contributed by atoms with van der Waals surface area (Å²) in [5, 5.41) is 0. The van der Waals surface area contributed by atoms with Crippen LogP contribution in [-0.4, -0.2) is 42.7 Å². The molecule has 3 rings (SSSR count). The number of carbonyl (C=O) groups excluding carboxylic acids is 1. The van der Waals surface area contributed by atoms with Crippen LogP contribution in [0.15, 0.2) is 29.2 Å². The Morgan fingerprint density at radius 1 is 1.00 bits per heavy atom. The number of rotatable bonds is 3. The molecule has 2 aliphatic heterocycles. The first-order valence-corrected chi connectivity index (χ1v) is 9.08.